The molecule has 54 heavy (non-hydrogen) atoms. The van der Waals surface area contributed by atoms with Gasteiger partial charge < -0.3 is 56.2 Å². The van der Waals surface area contributed by atoms with Crippen molar-refractivity contribution in [3.8, 4) is 0 Å². The van der Waals surface area contributed by atoms with E-state index in [1.807, 2.05) is 13.8 Å². The number of nitrogens with zero attached hydrogens (tertiary/aromatic N) is 4. The number of imidazole rings is 1. The number of carbonyl (C=O) groups is 6. The van der Waals surface area contributed by atoms with Gasteiger partial charge >= 0.3 is 7.82 Å². The molecule has 21 nitrogen and oxygen atoms in total. The lowest BCUT2D eigenvalue weighted by atomic mass is 10.0. The molecule has 1 aliphatic heterocycles. The minimum atomic E-state index is -5.11. The number of primary amides is 1. The summed E-state index contributed by atoms with van der Waals surface area (Å²) in [6, 6.07) is -6.80. The van der Waals surface area contributed by atoms with E-state index in [9.17, 15) is 38.4 Å². The number of unbranched alkanes of at least 4 members (excludes halogenated alkanes) is 2. The minimum Gasteiger partial charge on any atom is -0.396 e. The molecule has 9 N–H and O–H groups in total. The first kappa shape index (κ1) is 45.7. The summed E-state index contributed by atoms with van der Waals surface area (Å²) in [7, 11) is -5.11. The Bertz CT molecular complexity index is 1500. The number of hydrogen-bond acceptors (Lipinski definition) is 12. The molecule has 1 aromatic heterocycles. The number of aliphatic hydroxyl groups excluding tert-OH is 1. The Morgan fingerprint density at radius 3 is 2.26 bits per heavy atom. The lowest BCUT2D eigenvalue weighted by Gasteiger charge is -2.28. The van der Waals surface area contributed by atoms with Crippen LogP contribution in [-0.4, -0.2) is 128 Å². The molecule has 2 heterocycles. The third kappa shape index (κ3) is 15.1. The van der Waals surface area contributed by atoms with Gasteiger partial charge in [0.25, 0.3) is 0 Å². The molecule has 1 aromatic rings. The number of carbonyl (C=O) groups excluding carboxylic acids is 6. The molecule has 0 saturated carbocycles. The summed E-state index contributed by atoms with van der Waals surface area (Å²) in [5.41, 5.74) is 5.83. The normalized spacial score (nSPS) is 17.1. The van der Waals surface area contributed by atoms with E-state index in [4.69, 9.17) is 20.4 Å². The molecular weight excluding hydrogens is 733 g/mol. The number of aromatic nitrogens is 2. The van der Waals surface area contributed by atoms with Crippen LogP contribution in [-0.2, 0) is 55.7 Å². The van der Waals surface area contributed by atoms with E-state index in [0.29, 0.717) is 51.1 Å². The number of aryl methyl sites for hydroxylation is 1. The molecule has 1 saturated heterocycles. The highest BCUT2D eigenvalue weighted by atomic mass is 31.2. The lowest BCUT2D eigenvalue weighted by Crippen LogP contribution is -2.61. The highest BCUT2D eigenvalue weighted by Gasteiger charge is 2.37. The molecule has 0 unspecified atom stereocenters. The van der Waals surface area contributed by atoms with Crippen LogP contribution in [0.25, 0.3) is 0 Å². The van der Waals surface area contributed by atoms with Gasteiger partial charge in [-0.1, -0.05) is 13.8 Å². The molecule has 6 amide bonds. The van der Waals surface area contributed by atoms with Crippen LogP contribution in [0, 0.1) is 5.92 Å². The summed E-state index contributed by atoms with van der Waals surface area (Å²) in [5.74, 6) is -4.93. The van der Waals surface area contributed by atoms with Gasteiger partial charge in [0.15, 0.2) is 0 Å². The zero-order valence-electron chi connectivity index (χ0n) is 31.0. The number of nitrogens with one attached hydrogen (secondary N) is 4. The van der Waals surface area contributed by atoms with Crippen molar-refractivity contribution in [2.75, 3.05) is 19.8 Å². The van der Waals surface area contributed by atoms with Crippen molar-refractivity contribution in [2.45, 2.75) is 115 Å². The fourth-order valence-corrected chi connectivity index (χ4v) is 6.46. The van der Waals surface area contributed by atoms with Gasteiger partial charge in [-0.15, -0.1) is 5.16 Å². The fourth-order valence-electron chi connectivity index (χ4n) is 5.90. The summed E-state index contributed by atoms with van der Waals surface area (Å²) >= 11 is 0. The van der Waals surface area contributed by atoms with Gasteiger partial charge in [-0.2, -0.15) is 0 Å². The zero-order valence-corrected chi connectivity index (χ0v) is 31.9. The summed E-state index contributed by atoms with van der Waals surface area (Å²) in [5, 5.41) is 23.3. The molecule has 22 heteroatoms. The monoisotopic (exact) mass is 787 g/mol. The maximum absolute atomic E-state index is 13.9. The highest BCUT2D eigenvalue weighted by molar-refractivity contribution is 7.46. The third-order valence-electron chi connectivity index (χ3n) is 8.56. The van der Waals surface area contributed by atoms with E-state index in [1.54, 1.807) is 10.9 Å². The number of amides is 6. The smallest absolute Gasteiger partial charge is 0.396 e. The van der Waals surface area contributed by atoms with E-state index in [-0.39, 0.29) is 24.7 Å². The van der Waals surface area contributed by atoms with E-state index in [1.165, 1.54) is 18.0 Å². The first-order valence-corrected chi connectivity index (χ1v) is 19.1. The Morgan fingerprint density at radius 2 is 1.67 bits per heavy atom. The quantitative estimate of drug-likeness (QED) is 0.0249. The number of phosphoric acid groups is 1. The zero-order chi connectivity index (χ0) is 40.6. The number of oxime groups is 1. The number of rotatable bonds is 24. The van der Waals surface area contributed by atoms with Crippen LogP contribution in [0.5, 0.6) is 0 Å². The van der Waals surface area contributed by atoms with Crippen molar-refractivity contribution in [3.63, 3.8) is 0 Å². The number of likely N-dealkylation sites (tertiary alicyclic amines) is 1. The predicted molar refractivity (Wildman–Crippen MR) is 192 cm³/mol. The summed E-state index contributed by atoms with van der Waals surface area (Å²) < 4.78 is 17.6. The number of aliphatic hydroxyl groups is 1. The summed E-state index contributed by atoms with van der Waals surface area (Å²) in [4.78, 5) is 107. The van der Waals surface area contributed by atoms with Crippen molar-refractivity contribution >= 4 is 50.0 Å². The maximum Gasteiger partial charge on any atom is 0.469 e. The van der Waals surface area contributed by atoms with Gasteiger partial charge in [0.1, 0.15) is 36.8 Å². The Morgan fingerprint density at radius 1 is 1.02 bits per heavy atom. The second kappa shape index (κ2) is 22.1. The largest absolute Gasteiger partial charge is 0.469 e. The predicted octanol–water partition coefficient (Wildman–Crippen LogP) is -1.80. The maximum atomic E-state index is 13.9. The average Bonchev–Trinajstić information content (AvgIpc) is 3.76. The SMILES string of the molecule is C=NOCCCCCn1cncc1C[C@H](NC(=O)[C@H](CC(C)C)NC(=O)[C@@H]1CCCN1C(C)=O)C(=O)N[C@@H](CO)C(=O)N[C@H](C(N)=O)[C@@H](C)OP(=O)(O)O. The Balaban J connectivity index is 2.35. The van der Waals surface area contributed by atoms with Crippen LogP contribution in [0.2, 0.25) is 0 Å². The van der Waals surface area contributed by atoms with Gasteiger partial charge in [-0.3, -0.25) is 33.3 Å². The van der Waals surface area contributed by atoms with Crippen LogP contribution in [0.3, 0.4) is 0 Å². The summed E-state index contributed by atoms with van der Waals surface area (Å²) in [6.07, 6.45) is 4.67. The molecule has 304 valence electrons. The molecule has 0 aliphatic carbocycles. The molecule has 1 fully saturated rings. The molecular formula is C32H54N9O12P. The molecule has 6 atom stereocenters. The first-order valence-electron chi connectivity index (χ1n) is 17.6. The second-order valence-electron chi connectivity index (χ2n) is 13.4. The van der Waals surface area contributed by atoms with Gasteiger partial charge in [0, 0.05) is 45.0 Å². The Kier molecular flexibility index (Phi) is 18.7. The van der Waals surface area contributed by atoms with Gasteiger partial charge in [-0.25, -0.2) is 9.55 Å². The van der Waals surface area contributed by atoms with Crippen molar-refractivity contribution in [1.82, 2.24) is 35.7 Å². The number of hydrogen-bond donors (Lipinski definition) is 8. The third-order valence-corrected chi connectivity index (χ3v) is 9.17. The van der Waals surface area contributed by atoms with Crippen LogP contribution in [0.1, 0.15) is 71.9 Å². The van der Waals surface area contributed by atoms with Crippen LogP contribution in [0.4, 0.5) is 0 Å². The van der Waals surface area contributed by atoms with E-state index >= 15 is 0 Å². The van der Waals surface area contributed by atoms with Crippen LogP contribution < -0.4 is 27.0 Å². The van der Waals surface area contributed by atoms with E-state index < -0.39 is 80.3 Å². The molecule has 0 aromatic carbocycles. The highest BCUT2D eigenvalue weighted by Crippen LogP contribution is 2.38. The van der Waals surface area contributed by atoms with E-state index in [0.717, 1.165) is 13.3 Å². The van der Waals surface area contributed by atoms with Gasteiger partial charge in [-0.05, 0) is 51.4 Å². The fraction of sp³-hybridized carbons (Fsp3) is 0.688. The standard InChI is InChI=1S/C32H54N9O12P/c1-19(2)14-23(37-32(48)26-10-9-12-41(26)21(4)43)29(45)36-24(15-22-16-35-18-40(22)11-7-6-8-13-52-34-5)30(46)38-25(17-42)31(47)39-27(28(33)44)20(3)53-54(49,50)51/h16,18-20,23-27,42H,5-15,17H2,1-4H3,(H2,33,44)(H,36,45)(H,37,48)(H,38,46)(H,39,47)(H2,49,50,51)/t20-,23+,24+,25+,26+,27+/m1/s1. The number of nitrogens with two attached hydrogens (primary N) is 1. The topological polar surface area (TPSA) is 306 Å². The first-order chi connectivity index (χ1) is 25.4. The molecule has 0 radical (unpaired) electrons. The van der Waals surface area contributed by atoms with Crippen molar-refractivity contribution in [2.24, 2.45) is 16.8 Å². The van der Waals surface area contributed by atoms with Gasteiger partial charge in [0.2, 0.25) is 35.4 Å². The average molecular weight is 788 g/mol. The Labute approximate surface area is 313 Å². The lowest BCUT2D eigenvalue weighted by molar-refractivity contribution is -0.139. The molecule has 2 rings (SSSR count). The number of phosphoric ester groups is 1. The van der Waals surface area contributed by atoms with Crippen LogP contribution in [0.15, 0.2) is 17.7 Å². The second-order valence-corrected chi connectivity index (χ2v) is 14.6. The molecule has 0 spiro atoms. The van der Waals surface area contributed by atoms with Crippen LogP contribution >= 0.6 is 7.82 Å². The van der Waals surface area contributed by atoms with Crippen molar-refractivity contribution in [1.29, 1.82) is 0 Å². The van der Waals surface area contributed by atoms with E-state index in [2.05, 4.69) is 42.6 Å². The van der Waals surface area contributed by atoms with Gasteiger partial charge in [0.05, 0.1) is 19.0 Å². The Hall–Kier alpha value is -4.43. The molecule has 0 bridgehead atoms. The van der Waals surface area contributed by atoms with Crippen molar-refractivity contribution < 1.29 is 57.6 Å². The van der Waals surface area contributed by atoms with Crippen molar-refractivity contribution in [3.05, 3.63) is 18.2 Å². The molecule has 1 aliphatic rings. The minimum absolute atomic E-state index is 0.0903. The summed E-state index contributed by atoms with van der Waals surface area (Å²) in [6.45, 7) is 9.65.